The standard InChI is InChI=1S/C18H18BrN3S/c1-3-22-17(16-10-5-4-7-13(16)2)20-21-18(22)23-12-14-8-6-9-15(19)11-14/h4-11H,3,12H2,1-2H3. The third-order valence-electron chi connectivity index (χ3n) is 3.68. The average molecular weight is 388 g/mol. The van der Waals surface area contributed by atoms with E-state index in [1.165, 1.54) is 11.1 Å². The van der Waals surface area contributed by atoms with Crippen LogP contribution in [-0.4, -0.2) is 14.8 Å². The monoisotopic (exact) mass is 387 g/mol. The first-order valence-corrected chi connectivity index (χ1v) is 9.33. The predicted octanol–water partition coefficient (Wildman–Crippen LogP) is 5.33. The number of hydrogen-bond donors (Lipinski definition) is 0. The van der Waals surface area contributed by atoms with Crippen LogP contribution in [0.1, 0.15) is 18.1 Å². The molecule has 3 rings (SSSR count). The van der Waals surface area contributed by atoms with E-state index >= 15 is 0 Å². The van der Waals surface area contributed by atoms with E-state index in [1.807, 2.05) is 12.1 Å². The van der Waals surface area contributed by atoms with Crippen molar-refractivity contribution >= 4 is 27.7 Å². The largest absolute Gasteiger partial charge is 0.302 e. The van der Waals surface area contributed by atoms with Gasteiger partial charge in [-0.25, -0.2) is 0 Å². The minimum absolute atomic E-state index is 0.859. The van der Waals surface area contributed by atoms with Crippen molar-refractivity contribution in [3.63, 3.8) is 0 Å². The molecular weight excluding hydrogens is 370 g/mol. The summed E-state index contributed by atoms with van der Waals surface area (Å²) in [6, 6.07) is 16.7. The van der Waals surface area contributed by atoms with Crippen LogP contribution in [0.4, 0.5) is 0 Å². The van der Waals surface area contributed by atoms with Crippen LogP contribution in [0.15, 0.2) is 58.2 Å². The van der Waals surface area contributed by atoms with Gasteiger partial charge >= 0.3 is 0 Å². The van der Waals surface area contributed by atoms with Gasteiger partial charge in [0.2, 0.25) is 0 Å². The van der Waals surface area contributed by atoms with Gasteiger partial charge in [-0.1, -0.05) is 64.1 Å². The summed E-state index contributed by atoms with van der Waals surface area (Å²) in [5.74, 6) is 1.83. The number of rotatable bonds is 5. The molecular formula is C18H18BrN3S. The van der Waals surface area contributed by atoms with Gasteiger partial charge < -0.3 is 4.57 Å². The Bertz CT molecular complexity index is 814. The van der Waals surface area contributed by atoms with Gasteiger partial charge in [-0.15, -0.1) is 10.2 Å². The third-order valence-corrected chi connectivity index (χ3v) is 5.21. The predicted molar refractivity (Wildman–Crippen MR) is 99.6 cm³/mol. The molecule has 0 fully saturated rings. The number of hydrogen-bond acceptors (Lipinski definition) is 3. The van der Waals surface area contributed by atoms with Crippen LogP contribution >= 0.6 is 27.7 Å². The van der Waals surface area contributed by atoms with Crippen LogP contribution in [0.3, 0.4) is 0 Å². The molecule has 118 valence electrons. The minimum atomic E-state index is 0.859. The average Bonchev–Trinajstić information content (AvgIpc) is 2.96. The second-order valence-corrected chi connectivity index (χ2v) is 7.14. The normalized spacial score (nSPS) is 10.9. The van der Waals surface area contributed by atoms with Crippen LogP contribution in [0.25, 0.3) is 11.4 Å². The second-order valence-electron chi connectivity index (χ2n) is 5.28. The molecule has 0 radical (unpaired) electrons. The first-order valence-electron chi connectivity index (χ1n) is 7.55. The summed E-state index contributed by atoms with van der Waals surface area (Å²) in [6.45, 7) is 5.10. The molecule has 0 spiro atoms. The maximum absolute atomic E-state index is 4.43. The van der Waals surface area contributed by atoms with Crippen LogP contribution in [0.5, 0.6) is 0 Å². The Morgan fingerprint density at radius 1 is 1.09 bits per heavy atom. The van der Waals surface area contributed by atoms with Crippen molar-refractivity contribution < 1.29 is 0 Å². The van der Waals surface area contributed by atoms with Crippen molar-refractivity contribution in [2.75, 3.05) is 0 Å². The SMILES string of the molecule is CCn1c(SCc2cccc(Br)c2)nnc1-c1ccccc1C. The van der Waals surface area contributed by atoms with Crippen molar-refractivity contribution in [3.8, 4) is 11.4 Å². The number of benzene rings is 2. The molecule has 0 aliphatic carbocycles. The van der Waals surface area contributed by atoms with E-state index < -0.39 is 0 Å². The highest BCUT2D eigenvalue weighted by molar-refractivity contribution is 9.10. The first-order chi connectivity index (χ1) is 11.2. The van der Waals surface area contributed by atoms with Crippen LogP contribution in [-0.2, 0) is 12.3 Å². The lowest BCUT2D eigenvalue weighted by atomic mass is 10.1. The summed E-state index contributed by atoms with van der Waals surface area (Å²) in [6.07, 6.45) is 0. The molecule has 2 aromatic carbocycles. The summed E-state index contributed by atoms with van der Waals surface area (Å²) in [5.41, 5.74) is 3.64. The van der Waals surface area contributed by atoms with E-state index in [0.29, 0.717) is 0 Å². The Hall–Kier alpha value is -1.59. The van der Waals surface area contributed by atoms with Crippen LogP contribution < -0.4 is 0 Å². The van der Waals surface area contributed by atoms with E-state index in [9.17, 15) is 0 Å². The highest BCUT2D eigenvalue weighted by atomic mass is 79.9. The van der Waals surface area contributed by atoms with Crippen molar-refractivity contribution in [1.29, 1.82) is 0 Å². The zero-order valence-electron chi connectivity index (χ0n) is 13.2. The summed E-state index contributed by atoms with van der Waals surface area (Å²) in [4.78, 5) is 0. The molecule has 0 bridgehead atoms. The molecule has 5 heteroatoms. The first kappa shape index (κ1) is 16.3. The number of aromatic nitrogens is 3. The third kappa shape index (κ3) is 3.67. The molecule has 3 nitrogen and oxygen atoms in total. The lowest BCUT2D eigenvalue weighted by Gasteiger charge is -2.09. The van der Waals surface area contributed by atoms with Crippen molar-refractivity contribution in [2.24, 2.45) is 0 Å². The Kier molecular flexibility index (Phi) is 5.18. The summed E-state index contributed by atoms with van der Waals surface area (Å²) < 4.78 is 3.29. The van der Waals surface area contributed by atoms with Crippen molar-refractivity contribution in [2.45, 2.75) is 31.3 Å². The number of aryl methyl sites for hydroxylation is 1. The lowest BCUT2D eigenvalue weighted by Crippen LogP contribution is -2.00. The summed E-state index contributed by atoms with van der Waals surface area (Å²) in [7, 11) is 0. The number of thioether (sulfide) groups is 1. The smallest absolute Gasteiger partial charge is 0.191 e. The lowest BCUT2D eigenvalue weighted by molar-refractivity contribution is 0.687. The maximum atomic E-state index is 4.43. The molecule has 0 N–H and O–H groups in total. The minimum Gasteiger partial charge on any atom is -0.302 e. The molecule has 0 aliphatic rings. The van der Waals surface area contributed by atoms with Gasteiger partial charge in [0, 0.05) is 22.3 Å². The van der Waals surface area contributed by atoms with Gasteiger partial charge in [0.1, 0.15) is 0 Å². The van der Waals surface area contributed by atoms with Crippen molar-refractivity contribution in [3.05, 3.63) is 64.1 Å². The molecule has 0 saturated carbocycles. The molecule has 1 aromatic heterocycles. The number of halogens is 1. The van der Waals surface area contributed by atoms with Gasteiger partial charge in [-0.2, -0.15) is 0 Å². The fourth-order valence-electron chi connectivity index (χ4n) is 2.48. The number of nitrogens with zero attached hydrogens (tertiary/aromatic N) is 3. The summed E-state index contributed by atoms with van der Waals surface area (Å²) in [5, 5.41) is 9.80. The highest BCUT2D eigenvalue weighted by Crippen LogP contribution is 2.28. The van der Waals surface area contributed by atoms with Gasteiger partial charge in [0.25, 0.3) is 0 Å². The quantitative estimate of drug-likeness (QED) is 0.554. The van der Waals surface area contributed by atoms with Crippen LogP contribution in [0, 0.1) is 6.92 Å². The van der Waals surface area contributed by atoms with Gasteiger partial charge in [0.05, 0.1) is 0 Å². The van der Waals surface area contributed by atoms with E-state index in [4.69, 9.17) is 0 Å². The Balaban J connectivity index is 1.85. The zero-order valence-corrected chi connectivity index (χ0v) is 15.6. The van der Waals surface area contributed by atoms with Crippen molar-refractivity contribution in [1.82, 2.24) is 14.8 Å². The highest BCUT2D eigenvalue weighted by Gasteiger charge is 2.14. The van der Waals surface area contributed by atoms with Gasteiger partial charge in [-0.3, -0.25) is 0 Å². The van der Waals surface area contributed by atoms with E-state index in [-0.39, 0.29) is 0 Å². The second kappa shape index (κ2) is 7.32. The van der Waals surface area contributed by atoms with E-state index in [1.54, 1.807) is 11.8 Å². The van der Waals surface area contributed by atoms with Gasteiger partial charge in [-0.05, 0) is 37.1 Å². The molecule has 23 heavy (non-hydrogen) atoms. The molecule has 0 saturated heterocycles. The maximum Gasteiger partial charge on any atom is 0.191 e. The zero-order chi connectivity index (χ0) is 16.2. The Morgan fingerprint density at radius 2 is 1.91 bits per heavy atom. The van der Waals surface area contributed by atoms with Gasteiger partial charge in [0.15, 0.2) is 11.0 Å². The Morgan fingerprint density at radius 3 is 2.65 bits per heavy atom. The topological polar surface area (TPSA) is 30.7 Å². The van der Waals surface area contributed by atoms with E-state index in [0.717, 1.165) is 33.3 Å². The fraction of sp³-hybridized carbons (Fsp3) is 0.222. The molecule has 1 heterocycles. The molecule has 0 unspecified atom stereocenters. The summed E-state index contributed by atoms with van der Waals surface area (Å²) >= 11 is 5.24. The fourth-order valence-corrected chi connectivity index (χ4v) is 3.87. The molecule has 0 aliphatic heterocycles. The van der Waals surface area contributed by atoms with E-state index in [2.05, 4.69) is 80.9 Å². The van der Waals surface area contributed by atoms with Crippen LogP contribution in [0.2, 0.25) is 0 Å². The molecule has 3 aromatic rings. The molecule has 0 amide bonds. The Labute approximate surface area is 149 Å². The molecule has 0 atom stereocenters.